The number of carbonyl (C=O) groups is 1. The number of anilines is 2. The standard InChI is InChI=1S/C31H35FN8O3/c1-31(2,3)43-30(42)38-12-11-37(18-26(41)19-38)17-22-9-10-39-28(22)29(33-20-35-39)36-25-7-8-27-23(14-25)15-34-40(27)16-21-5-4-6-24(32)13-21/h4-10,13-15,20,26,41H,11-12,16-19H2,1-3H3,(H,33,35,36). The number of aromatic nitrogens is 5. The van der Waals surface area contributed by atoms with E-state index in [2.05, 4.69) is 25.4 Å². The summed E-state index contributed by atoms with van der Waals surface area (Å²) >= 11 is 0. The minimum Gasteiger partial charge on any atom is -0.444 e. The number of nitrogens with zero attached hydrogens (tertiary/aromatic N) is 7. The van der Waals surface area contributed by atoms with Gasteiger partial charge < -0.3 is 20.1 Å². The summed E-state index contributed by atoms with van der Waals surface area (Å²) in [6.07, 6.45) is 4.07. The maximum atomic E-state index is 13.7. The zero-order valence-electron chi connectivity index (χ0n) is 24.4. The minimum absolute atomic E-state index is 0.221. The maximum Gasteiger partial charge on any atom is 0.410 e. The fraction of sp³-hybridized carbons (Fsp3) is 0.355. The van der Waals surface area contributed by atoms with Gasteiger partial charge in [-0.2, -0.15) is 10.2 Å². The largest absolute Gasteiger partial charge is 0.444 e. The van der Waals surface area contributed by atoms with E-state index in [1.807, 2.05) is 62.0 Å². The number of nitrogens with one attached hydrogen (secondary N) is 1. The first-order chi connectivity index (χ1) is 20.6. The fourth-order valence-corrected chi connectivity index (χ4v) is 5.40. The van der Waals surface area contributed by atoms with Crippen LogP contribution in [0.4, 0.5) is 20.7 Å². The first-order valence-electron chi connectivity index (χ1n) is 14.3. The lowest BCUT2D eigenvalue weighted by Gasteiger charge is -2.27. The zero-order chi connectivity index (χ0) is 30.1. The number of aliphatic hydroxyl groups excluding tert-OH is 1. The second kappa shape index (κ2) is 11.6. The van der Waals surface area contributed by atoms with E-state index < -0.39 is 17.8 Å². The first kappa shape index (κ1) is 28.6. The number of rotatable bonds is 6. The lowest BCUT2D eigenvalue weighted by Crippen LogP contribution is -2.41. The highest BCUT2D eigenvalue weighted by atomic mass is 19.1. The summed E-state index contributed by atoms with van der Waals surface area (Å²) in [5.74, 6) is 0.378. The molecule has 5 aromatic rings. The van der Waals surface area contributed by atoms with E-state index in [1.54, 1.807) is 21.7 Å². The molecule has 1 unspecified atom stereocenters. The Kier molecular flexibility index (Phi) is 7.72. The molecule has 2 aromatic carbocycles. The van der Waals surface area contributed by atoms with Crippen molar-refractivity contribution in [1.29, 1.82) is 0 Å². The molecular weight excluding hydrogens is 551 g/mol. The molecule has 4 heterocycles. The van der Waals surface area contributed by atoms with Gasteiger partial charge in [-0.3, -0.25) is 9.58 Å². The minimum atomic E-state index is -0.702. The highest BCUT2D eigenvalue weighted by Gasteiger charge is 2.28. The predicted octanol–water partition coefficient (Wildman–Crippen LogP) is 4.42. The summed E-state index contributed by atoms with van der Waals surface area (Å²) in [7, 11) is 0. The van der Waals surface area contributed by atoms with Gasteiger partial charge in [0, 0.05) is 43.4 Å². The van der Waals surface area contributed by atoms with Crippen molar-refractivity contribution in [2.75, 3.05) is 31.5 Å². The van der Waals surface area contributed by atoms with Gasteiger partial charge >= 0.3 is 6.09 Å². The molecule has 1 amide bonds. The Hall–Kier alpha value is -4.55. The van der Waals surface area contributed by atoms with Crippen LogP contribution in [-0.2, 0) is 17.8 Å². The van der Waals surface area contributed by atoms with Crippen molar-refractivity contribution in [2.24, 2.45) is 0 Å². The summed E-state index contributed by atoms with van der Waals surface area (Å²) in [5, 5.41) is 24.0. The molecule has 1 saturated heterocycles. The first-order valence-corrected chi connectivity index (χ1v) is 14.3. The van der Waals surface area contributed by atoms with E-state index >= 15 is 0 Å². The quantitative estimate of drug-likeness (QED) is 0.301. The van der Waals surface area contributed by atoms with Gasteiger partial charge in [0.05, 0.1) is 30.9 Å². The summed E-state index contributed by atoms with van der Waals surface area (Å²) < 4.78 is 22.8. The Morgan fingerprint density at radius 2 is 1.95 bits per heavy atom. The van der Waals surface area contributed by atoms with Gasteiger partial charge in [-0.05, 0) is 68.3 Å². The number of halogens is 1. The van der Waals surface area contributed by atoms with Crippen LogP contribution >= 0.6 is 0 Å². The fourth-order valence-electron chi connectivity index (χ4n) is 5.40. The van der Waals surface area contributed by atoms with Crippen LogP contribution < -0.4 is 5.32 Å². The maximum absolute atomic E-state index is 13.7. The van der Waals surface area contributed by atoms with Crippen LogP contribution in [0.1, 0.15) is 31.9 Å². The van der Waals surface area contributed by atoms with Crippen LogP contribution in [-0.4, -0.2) is 83.3 Å². The average molecular weight is 587 g/mol. The van der Waals surface area contributed by atoms with E-state index in [4.69, 9.17) is 4.74 Å². The Morgan fingerprint density at radius 1 is 1.09 bits per heavy atom. The molecule has 1 aliphatic heterocycles. The van der Waals surface area contributed by atoms with Crippen LogP contribution in [0, 0.1) is 5.82 Å². The van der Waals surface area contributed by atoms with Crippen molar-refractivity contribution in [3.8, 4) is 0 Å². The highest BCUT2D eigenvalue weighted by Crippen LogP contribution is 2.27. The predicted molar refractivity (Wildman–Crippen MR) is 161 cm³/mol. The third-order valence-corrected chi connectivity index (χ3v) is 7.30. The number of hydrogen-bond acceptors (Lipinski definition) is 8. The molecule has 1 fully saturated rings. The van der Waals surface area contributed by atoms with Gasteiger partial charge in [0.1, 0.15) is 23.3 Å². The zero-order valence-corrected chi connectivity index (χ0v) is 24.4. The molecule has 6 rings (SSSR count). The number of β-amino-alcohol motifs (C(OH)–C–C–N with tert-alkyl or cyclic N) is 1. The van der Waals surface area contributed by atoms with Crippen molar-refractivity contribution in [3.05, 3.63) is 84.2 Å². The topological polar surface area (TPSA) is 113 Å². The molecule has 0 saturated carbocycles. The van der Waals surface area contributed by atoms with E-state index in [1.165, 1.54) is 18.5 Å². The summed E-state index contributed by atoms with van der Waals surface area (Å²) in [6.45, 7) is 8.18. The van der Waals surface area contributed by atoms with Crippen LogP contribution in [0.15, 0.2) is 67.3 Å². The third kappa shape index (κ3) is 6.60. The van der Waals surface area contributed by atoms with Crippen molar-refractivity contribution < 1.29 is 19.0 Å². The molecule has 0 aliphatic carbocycles. The number of aliphatic hydroxyl groups is 1. The van der Waals surface area contributed by atoms with Gasteiger partial charge in [0.2, 0.25) is 0 Å². The van der Waals surface area contributed by atoms with Crippen molar-refractivity contribution in [3.63, 3.8) is 0 Å². The van der Waals surface area contributed by atoms with Gasteiger partial charge in [0.15, 0.2) is 5.82 Å². The van der Waals surface area contributed by atoms with Crippen molar-refractivity contribution >= 4 is 34.0 Å². The Morgan fingerprint density at radius 3 is 2.77 bits per heavy atom. The van der Waals surface area contributed by atoms with Gasteiger partial charge in [0.25, 0.3) is 0 Å². The molecule has 0 radical (unpaired) electrons. The van der Waals surface area contributed by atoms with Gasteiger partial charge in [-0.1, -0.05) is 12.1 Å². The lowest BCUT2D eigenvalue weighted by molar-refractivity contribution is 0.0185. The number of ether oxygens (including phenoxy) is 1. The number of benzene rings is 2. The Bertz CT molecular complexity index is 1760. The summed E-state index contributed by atoms with van der Waals surface area (Å²) in [5.41, 5.74) is 3.83. The van der Waals surface area contributed by atoms with Crippen LogP contribution in [0.5, 0.6) is 0 Å². The van der Waals surface area contributed by atoms with Gasteiger partial charge in [-0.15, -0.1) is 0 Å². The van der Waals surface area contributed by atoms with Crippen LogP contribution in [0.25, 0.3) is 16.4 Å². The number of hydrogen-bond donors (Lipinski definition) is 2. The Balaban J connectivity index is 1.19. The molecule has 12 heteroatoms. The summed E-state index contributed by atoms with van der Waals surface area (Å²) in [6, 6.07) is 14.5. The van der Waals surface area contributed by atoms with E-state index in [0.29, 0.717) is 38.5 Å². The molecule has 0 spiro atoms. The second-order valence-electron chi connectivity index (χ2n) is 11.9. The normalized spacial score (nSPS) is 16.5. The molecular formula is C31H35FN8O3. The molecule has 43 heavy (non-hydrogen) atoms. The molecule has 1 aliphatic rings. The smallest absolute Gasteiger partial charge is 0.410 e. The average Bonchev–Trinajstić information content (AvgIpc) is 3.48. The molecule has 2 N–H and O–H groups in total. The Labute approximate surface area is 248 Å². The highest BCUT2D eigenvalue weighted by molar-refractivity contribution is 5.85. The van der Waals surface area contributed by atoms with Crippen LogP contribution in [0.3, 0.4) is 0 Å². The van der Waals surface area contributed by atoms with E-state index in [-0.39, 0.29) is 12.4 Å². The monoisotopic (exact) mass is 586 g/mol. The number of carbonyl (C=O) groups excluding carboxylic acids is 1. The summed E-state index contributed by atoms with van der Waals surface area (Å²) in [4.78, 5) is 20.9. The van der Waals surface area contributed by atoms with Gasteiger partial charge in [-0.25, -0.2) is 18.7 Å². The molecule has 3 aromatic heterocycles. The number of amides is 1. The lowest BCUT2D eigenvalue weighted by atomic mass is 10.2. The SMILES string of the molecule is CC(C)(C)OC(=O)N1CCN(Cc2ccn3ncnc(Nc4ccc5c(cnn5Cc5cccc(F)c5)c4)c23)CC(O)C1. The third-order valence-electron chi connectivity index (χ3n) is 7.30. The molecule has 224 valence electrons. The molecule has 0 bridgehead atoms. The van der Waals surface area contributed by atoms with E-state index in [9.17, 15) is 14.3 Å². The van der Waals surface area contributed by atoms with Crippen molar-refractivity contribution in [1.82, 2.24) is 34.2 Å². The van der Waals surface area contributed by atoms with Crippen molar-refractivity contribution in [2.45, 2.75) is 45.6 Å². The van der Waals surface area contributed by atoms with Crippen LogP contribution in [0.2, 0.25) is 0 Å². The molecule has 1 atom stereocenters. The molecule has 11 nitrogen and oxygen atoms in total. The van der Waals surface area contributed by atoms with E-state index in [0.717, 1.165) is 33.2 Å². The number of fused-ring (bicyclic) bond motifs is 2. The second-order valence-corrected chi connectivity index (χ2v) is 11.9.